The minimum Gasteiger partial charge on any atom is -0.298 e. The average molecular weight is 309 g/mol. The van der Waals surface area contributed by atoms with Gasteiger partial charge in [0.1, 0.15) is 5.82 Å². The first-order valence-electron chi connectivity index (χ1n) is 5.23. The van der Waals surface area contributed by atoms with Crippen molar-refractivity contribution in [3.63, 3.8) is 0 Å². The number of halogens is 2. The number of rotatable bonds is 3. The molecule has 2 rings (SSSR count). The summed E-state index contributed by atoms with van der Waals surface area (Å²) >= 11 is 3.20. The summed E-state index contributed by atoms with van der Waals surface area (Å²) in [7, 11) is 0. The van der Waals surface area contributed by atoms with E-state index in [4.69, 9.17) is 0 Å². The number of hydrogen-bond donors (Lipinski definition) is 2. The van der Waals surface area contributed by atoms with E-state index >= 15 is 0 Å². The lowest BCUT2D eigenvalue weighted by atomic mass is 10.2. The number of anilines is 1. The Morgan fingerprint density at radius 1 is 1.11 bits per heavy atom. The molecule has 3 nitrogen and oxygen atoms in total. The first kappa shape index (κ1) is 12.6. The maximum Gasteiger partial charge on any atom is 0.270 e. The molecule has 0 bridgehead atoms. The molecule has 0 atom stereocenters. The van der Waals surface area contributed by atoms with E-state index in [2.05, 4.69) is 26.8 Å². The molecule has 0 aromatic heterocycles. The Balaban J connectivity index is 2.06. The van der Waals surface area contributed by atoms with E-state index in [9.17, 15) is 9.18 Å². The highest BCUT2D eigenvalue weighted by Gasteiger charge is 2.10. The predicted octanol–water partition coefficient (Wildman–Crippen LogP) is 3.35. The molecule has 0 heterocycles. The van der Waals surface area contributed by atoms with Crippen LogP contribution in [0.25, 0.3) is 0 Å². The predicted molar refractivity (Wildman–Crippen MR) is 71.6 cm³/mol. The summed E-state index contributed by atoms with van der Waals surface area (Å²) in [5.74, 6) is -0.867. The summed E-state index contributed by atoms with van der Waals surface area (Å²) in [5.41, 5.74) is 6.23. The SMILES string of the molecule is O=C(NNc1ccccc1)c1cc(F)ccc1Br. The smallest absolute Gasteiger partial charge is 0.270 e. The third-order valence-corrected chi connectivity index (χ3v) is 2.96. The summed E-state index contributed by atoms with van der Waals surface area (Å²) in [6.07, 6.45) is 0. The molecule has 92 valence electrons. The van der Waals surface area contributed by atoms with Crippen LogP contribution in [0.5, 0.6) is 0 Å². The van der Waals surface area contributed by atoms with Gasteiger partial charge in [-0.3, -0.25) is 15.6 Å². The van der Waals surface area contributed by atoms with Gasteiger partial charge in [-0.1, -0.05) is 18.2 Å². The van der Waals surface area contributed by atoms with Gasteiger partial charge in [0.15, 0.2) is 0 Å². The van der Waals surface area contributed by atoms with Crippen LogP contribution in [0, 0.1) is 5.82 Å². The first-order chi connectivity index (χ1) is 8.66. The zero-order valence-electron chi connectivity index (χ0n) is 9.28. The molecule has 0 aliphatic carbocycles. The van der Waals surface area contributed by atoms with Crippen LogP contribution < -0.4 is 10.9 Å². The minimum absolute atomic E-state index is 0.235. The Kier molecular flexibility index (Phi) is 3.94. The highest BCUT2D eigenvalue weighted by Crippen LogP contribution is 2.17. The molecule has 0 fully saturated rings. The molecule has 0 radical (unpaired) electrons. The van der Waals surface area contributed by atoms with Gasteiger partial charge in [0.2, 0.25) is 0 Å². The lowest BCUT2D eigenvalue weighted by Gasteiger charge is -2.09. The average Bonchev–Trinajstić information content (AvgIpc) is 2.40. The molecule has 2 aromatic carbocycles. The normalized spacial score (nSPS) is 9.89. The van der Waals surface area contributed by atoms with Crippen LogP contribution in [0.3, 0.4) is 0 Å². The highest BCUT2D eigenvalue weighted by atomic mass is 79.9. The van der Waals surface area contributed by atoms with Gasteiger partial charge in [-0.2, -0.15) is 0 Å². The molecular formula is C13H10BrFN2O. The fraction of sp³-hybridized carbons (Fsp3) is 0. The summed E-state index contributed by atoms with van der Waals surface area (Å²) in [5, 5.41) is 0. The Hall–Kier alpha value is -1.88. The fourth-order valence-electron chi connectivity index (χ4n) is 1.39. The maximum absolute atomic E-state index is 13.0. The number of benzene rings is 2. The first-order valence-corrected chi connectivity index (χ1v) is 6.02. The van der Waals surface area contributed by atoms with Crippen molar-refractivity contribution in [2.24, 2.45) is 0 Å². The van der Waals surface area contributed by atoms with Crippen LogP contribution in [-0.4, -0.2) is 5.91 Å². The summed E-state index contributed by atoms with van der Waals surface area (Å²) in [6.45, 7) is 0. The van der Waals surface area contributed by atoms with Crippen molar-refractivity contribution in [2.45, 2.75) is 0 Å². The number of nitrogens with one attached hydrogen (secondary N) is 2. The van der Waals surface area contributed by atoms with Crippen LogP contribution in [0.2, 0.25) is 0 Å². The lowest BCUT2D eigenvalue weighted by Crippen LogP contribution is -2.29. The van der Waals surface area contributed by atoms with Crippen LogP contribution >= 0.6 is 15.9 Å². The number of carbonyl (C=O) groups is 1. The van der Waals surface area contributed by atoms with E-state index in [1.807, 2.05) is 18.2 Å². The fourth-order valence-corrected chi connectivity index (χ4v) is 1.82. The van der Waals surface area contributed by atoms with Gasteiger partial charge >= 0.3 is 0 Å². The van der Waals surface area contributed by atoms with Crippen molar-refractivity contribution in [3.05, 3.63) is 64.4 Å². The number of hydrazine groups is 1. The molecule has 1 amide bonds. The molecule has 5 heteroatoms. The summed E-state index contributed by atoms with van der Waals surface area (Å²) < 4.78 is 13.6. The van der Waals surface area contributed by atoms with Crippen molar-refractivity contribution >= 4 is 27.5 Å². The van der Waals surface area contributed by atoms with Gasteiger partial charge in [-0.15, -0.1) is 0 Å². The van der Waals surface area contributed by atoms with E-state index in [-0.39, 0.29) is 5.56 Å². The molecule has 0 saturated carbocycles. The number of amides is 1. The van der Waals surface area contributed by atoms with Crippen molar-refractivity contribution in [1.82, 2.24) is 5.43 Å². The van der Waals surface area contributed by atoms with Crippen LogP contribution in [0.4, 0.5) is 10.1 Å². The third kappa shape index (κ3) is 3.07. The van der Waals surface area contributed by atoms with Crippen molar-refractivity contribution in [3.8, 4) is 0 Å². The van der Waals surface area contributed by atoms with Gasteiger partial charge in [-0.25, -0.2) is 4.39 Å². The van der Waals surface area contributed by atoms with E-state index < -0.39 is 11.7 Å². The summed E-state index contributed by atoms with van der Waals surface area (Å²) in [6, 6.07) is 13.1. The quantitative estimate of drug-likeness (QED) is 0.854. The second-order valence-corrected chi connectivity index (χ2v) is 4.42. The summed E-state index contributed by atoms with van der Waals surface area (Å²) in [4.78, 5) is 11.8. The lowest BCUT2D eigenvalue weighted by molar-refractivity contribution is 0.0961. The third-order valence-electron chi connectivity index (χ3n) is 2.27. The number of para-hydroxylation sites is 1. The van der Waals surface area contributed by atoms with Gasteiger partial charge in [0, 0.05) is 4.47 Å². The van der Waals surface area contributed by atoms with E-state index in [0.29, 0.717) is 4.47 Å². The molecule has 0 aliphatic rings. The monoisotopic (exact) mass is 308 g/mol. The van der Waals surface area contributed by atoms with Gasteiger partial charge in [0.05, 0.1) is 11.3 Å². The topological polar surface area (TPSA) is 41.1 Å². The van der Waals surface area contributed by atoms with Crippen molar-refractivity contribution in [2.75, 3.05) is 5.43 Å². The molecule has 0 spiro atoms. The molecule has 18 heavy (non-hydrogen) atoms. The molecule has 2 aromatic rings. The number of carbonyl (C=O) groups excluding carboxylic acids is 1. The van der Waals surface area contributed by atoms with Crippen LogP contribution in [0.1, 0.15) is 10.4 Å². The molecule has 0 aliphatic heterocycles. The highest BCUT2D eigenvalue weighted by molar-refractivity contribution is 9.10. The molecular weight excluding hydrogens is 299 g/mol. The van der Waals surface area contributed by atoms with Crippen LogP contribution in [0.15, 0.2) is 53.0 Å². The molecule has 2 N–H and O–H groups in total. The Morgan fingerprint density at radius 3 is 2.56 bits per heavy atom. The zero-order valence-corrected chi connectivity index (χ0v) is 10.9. The Labute approximate surface area is 112 Å². The van der Waals surface area contributed by atoms with Gasteiger partial charge < -0.3 is 0 Å². The zero-order chi connectivity index (χ0) is 13.0. The van der Waals surface area contributed by atoms with E-state index in [0.717, 1.165) is 5.69 Å². The van der Waals surface area contributed by atoms with Gasteiger partial charge in [0.25, 0.3) is 5.91 Å². The van der Waals surface area contributed by atoms with Gasteiger partial charge in [-0.05, 0) is 46.3 Å². The number of hydrogen-bond acceptors (Lipinski definition) is 2. The Bertz CT molecular complexity index is 560. The standard InChI is InChI=1S/C13H10BrFN2O/c14-12-7-6-9(15)8-11(12)13(18)17-16-10-4-2-1-3-5-10/h1-8,16H,(H,17,18). The minimum atomic E-state index is -0.455. The second kappa shape index (κ2) is 5.64. The van der Waals surface area contributed by atoms with Crippen molar-refractivity contribution in [1.29, 1.82) is 0 Å². The Morgan fingerprint density at radius 2 is 1.83 bits per heavy atom. The second-order valence-electron chi connectivity index (χ2n) is 3.57. The maximum atomic E-state index is 13.0. The van der Waals surface area contributed by atoms with E-state index in [1.165, 1.54) is 18.2 Å². The molecule has 0 unspecified atom stereocenters. The van der Waals surface area contributed by atoms with Crippen LogP contribution in [-0.2, 0) is 0 Å². The van der Waals surface area contributed by atoms with E-state index in [1.54, 1.807) is 12.1 Å². The van der Waals surface area contributed by atoms with Crippen molar-refractivity contribution < 1.29 is 9.18 Å². The largest absolute Gasteiger partial charge is 0.298 e. The molecule has 0 saturated heterocycles.